The molecule has 0 saturated carbocycles. The van der Waals surface area contributed by atoms with Crippen LogP contribution >= 0.6 is 23.4 Å². The van der Waals surface area contributed by atoms with E-state index in [0.717, 1.165) is 5.75 Å². The van der Waals surface area contributed by atoms with E-state index >= 15 is 0 Å². The van der Waals surface area contributed by atoms with Crippen molar-refractivity contribution in [3.8, 4) is 11.5 Å². The quantitative estimate of drug-likeness (QED) is 0.581. The molecular formula is C23H26ClN3O4S. The number of carbonyl (C=O) groups is 2. The lowest BCUT2D eigenvalue weighted by molar-refractivity contribution is -0.129. The van der Waals surface area contributed by atoms with Crippen LogP contribution < -0.4 is 14.8 Å². The SMILES string of the molecule is CC(=O)NC1=NN(C(C)=O)[C@H](c2cc(Cl)ccc2OCCCOc2ccc(C)c(C)c2)S1. The third-order valence-corrected chi connectivity index (χ3v) is 6.10. The second-order valence-electron chi connectivity index (χ2n) is 7.40. The Kier molecular flexibility index (Phi) is 8.04. The van der Waals surface area contributed by atoms with Crippen LogP contribution in [-0.2, 0) is 9.59 Å². The average Bonchev–Trinajstić information content (AvgIpc) is 3.14. The molecule has 170 valence electrons. The van der Waals surface area contributed by atoms with Crippen LogP contribution in [0.3, 0.4) is 0 Å². The highest BCUT2D eigenvalue weighted by Crippen LogP contribution is 2.43. The first-order valence-corrected chi connectivity index (χ1v) is 11.5. The van der Waals surface area contributed by atoms with Crippen molar-refractivity contribution in [1.82, 2.24) is 10.3 Å². The van der Waals surface area contributed by atoms with Crippen molar-refractivity contribution in [2.75, 3.05) is 13.2 Å². The van der Waals surface area contributed by atoms with Gasteiger partial charge in [-0.1, -0.05) is 29.4 Å². The van der Waals surface area contributed by atoms with E-state index in [-0.39, 0.29) is 11.8 Å². The van der Waals surface area contributed by atoms with E-state index in [2.05, 4.69) is 24.3 Å². The number of thioether (sulfide) groups is 1. The van der Waals surface area contributed by atoms with Gasteiger partial charge in [-0.25, -0.2) is 5.01 Å². The van der Waals surface area contributed by atoms with E-state index in [1.54, 1.807) is 18.2 Å². The summed E-state index contributed by atoms with van der Waals surface area (Å²) >= 11 is 7.48. The van der Waals surface area contributed by atoms with Gasteiger partial charge >= 0.3 is 0 Å². The van der Waals surface area contributed by atoms with Crippen molar-refractivity contribution in [3.63, 3.8) is 0 Å². The zero-order valence-corrected chi connectivity index (χ0v) is 20.0. The van der Waals surface area contributed by atoms with Gasteiger partial charge in [0.15, 0.2) is 5.17 Å². The first-order chi connectivity index (χ1) is 15.2. The topological polar surface area (TPSA) is 80.2 Å². The van der Waals surface area contributed by atoms with E-state index in [1.165, 1.54) is 41.7 Å². The molecule has 0 bridgehead atoms. The number of hydrazone groups is 1. The number of nitrogens with one attached hydrogen (secondary N) is 1. The number of amides is 2. The van der Waals surface area contributed by atoms with Gasteiger partial charge < -0.3 is 14.8 Å². The molecular weight excluding hydrogens is 450 g/mol. The number of aryl methyl sites for hydroxylation is 2. The normalized spacial score (nSPS) is 15.3. The molecule has 1 aliphatic rings. The fourth-order valence-corrected chi connectivity index (χ4v) is 4.38. The monoisotopic (exact) mass is 475 g/mol. The molecule has 0 radical (unpaired) electrons. The summed E-state index contributed by atoms with van der Waals surface area (Å²) in [6.45, 7) is 7.87. The van der Waals surface area contributed by atoms with Crippen LogP contribution in [0.1, 0.15) is 42.3 Å². The maximum absolute atomic E-state index is 12.1. The third-order valence-electron chi connectivity index (χ3n) is 4.78. The molecule has 7 nitrogen and oxygen atoms in total. The number of carbonyl (C=O) groups excluding carboxylic acids is 2. The standard InChI is InChI=1S/C23H26ClN3O4S/c1-14-6-8-19(12-15(14)2)30-10-5-11-31-21-9-7-18(24)13-20(21)22-27(17(4)29)26-23(32-22)25-16(3)28/h6-9,12-13,22H,5,10-11H2,1-4H3,(H,25,26,28)/t22-/m0/s1. The fraction of sp³-hybridized carbons (Fsp3) is 0.348. The van der Waals surface area contributed by atoms with Crippen molar-refractivity contribution in [2.45, 2.75) is 39.5 Å². The summed E-state index contributed by atoms with van der Waals surface area (Å²) in [6, 6.07) is 11.3. The molecule has 1 atom stereocenters. The predicted octanol–water partition coefficient (Wildman–Crippen LogP) is 4.81. The van der Waals surface area contributed by atoms with Crippen LogP contribution in [0.15, 0.2) is 41.5 Å². The van der Waals surface area contributed by atoms with Gasteiger partial charge in [0, 0.05) is 30.9 Å². The Hall–Kier alpha value is -2.71. The highest BCUT2D eigenvalue weighted by atomic mass is 35.5. The van der Waals surface area contributed by atoms with Crippen molar-refractivity contribution in [1.29, 1.82) is 0 Å². The Balaban J connectivity index is 1.64. The summed E-state index contributed by atoms with van der Waals surface area (Å²) in [5, 5.41) is 8.55. The molecule has 32 heavy (non-hydrogen) atoms. The zero-order chi connectivity index (χ0) is 23.3. The van der Waals surface area contributed by atoms with E-state index in [9.17, 15) is 9.59 Å². The third kappa shape index (κ3) is 6.17. The Morgan fingerprint density at radius 2 is 1.84 bits per heavy atom. The van der Waals surface area contributed by atoms with E-state index in [0.29, 0.717) is 41.1 Å². The molecule has 0 aliphatic carbocycles. The van der Waals surface area contributed by atoms with Crippen molar-refractivity contribution < 1.29 is 19.1 Å². The molecule has 2 amide bonds. The molecule has 0 aromatic heterocycles. The lowest BCUT2D eigenvalue weighted by atomic mass is 10.1. The largest absolute Gasteiger partial charge is 0.493 e. The number of ether oxygens (including phenoxy) is 2. The lowest BCUT2D eigenvalue weighted by Crippen LogP contribution is -2.25. The van der Waals surface area contributed by atoms with E-state index < -0.39 is 5.37 Å². The number of benzene rings is 2. The predicted molar refractivity (Wildman–Crippen MR) is 127 cm³/mol. The smallest absolute Gasteiger partial charge is 0.241 e. The summed E-state index contributed by atoms with van der Waals surface area (Å²) in [5.74, 6) is 0.924. The van der Waals surface area contributed by atoms with Crippen LogP contribution in [0.5, 0.6) is 11.5 Å². The van der Waals surface area contributed by atoms with Gasteiger partial charge in [-0.3, -0.25) is 9.59 Å². The first kappa shape index (κ1) is 23.9. The van der Waals surface area contributed by atoms with Crippen LogP contribution in [0, 0.1) is 13.8 Å². The number of hydrogen-bond donors (Lipinski definition) is 1. The molecule has 0 spiro atoms. The lowest BCUT2D eigenvalue weighted by Gasteiger charge is -2.22. The van der Waals surface area contributed by atoms with E-state index in [4.69, 9.17) is 21.1 Å². The van der Waals surface area contributed by atoms with Crippen LogP contribution in [0.2, 0.25) is 5.02 Å². The Morgan fingerprint density at radius 1 is 1.09 bits per heavy atom. The van der Waals surface area contributed by atoms with Crippen LogP contribution in [0.4, 0.5) is 0 Å². The minimum absolute atomic E-state index is 0.254. The van der Waals surface area contributed by atoms with Crippen LogP contribution in [0.25, 0.3) is 0 Å². The van der Waals surface area contributed by atoms with E-state index in [1.807, 2.05) is 18.2 Å². The van der Waals surface area contributed by atoms with Crippen molar-refractivity contribution in [2.24, 2.45) is 5.10 Å². The maximum Gasteiger partial charge on any atom is 0.241 e. The Morgan fingerprint density at radius 3 is 2.53 bits per heavy atom. The van der Waals surface area contributed by atoms with Gasteiger partial charge in [0.05, 0.1) is 13.2 Å². The number of halogens is 1. The number of amidine groups is 1. The molecule has 1 aliphatic heterocycles. The number of hydrogen-bond acceptors (Lipinski definition) is 6. The molecule has 0 unspecified atom stereocenters. The van der Waals surface area contributed by atoms with Gasteiger partial charge in [-0.05, 0) is 55.3 Å². The summed E-state index contributed by atoms with van der Waals surface area (Å²) in [5.41, 5.74) is 3.12. The van der Waals surface area contributed by atoms with Gasteiger partial charge in [-0.2, -0.15) is 0 Å². The molecule has 9 heteroatoms. The highest BCUT2D eigenvalue weighted by molar-refractivity contribution is 8.14. The minimum atomic E-state index is -0.491. The van der Waals surface area contributed by atoms with Gasteiger partial charge in [0.2, 0.25) is 11.8 Å². The molecule has 1 N–H and O–H groups in total. The molecule has 2 aromatic rings. The average molecular weight is 476 g/mol. The van der Waals surface area contributed by atoms with Gasteiger partial charge in [-0.15, -0.1) is 5.10 Å². The fourth-order valence-electron chi connectivity index (χ4n) is 3.04. The second kappa shape index (κ2) is 10.7. The van der Waals surface area contributed by atoms with Crippen LogP contribution in [-0.4, -0.2) is 35.2 Å². The Labute approximate surface area is 197 Å². The second-order valence-corrected chi connectivity index (χ2v) is 8.90. The summed E-state index contributed by atoms with van der Waals surface area (Å²) < 4.78 is 11.8. The number of nitrogens with zero attached hydrogens (tertiary/aromatic N) is 2. The molecule has 2 aromatic carbocycles. The van der Waals surface area contributed by atoms with Gasteiger partial charge in [0.1, 0.15) is 16.9 Å². The first-order valence-electron chi connectivity index (χ1n) is 10.2. The van der Waals surface area contributed by atoms with Gasteiger partial charge in [0.25, 0.3) is 0 Å². The Bertz CT molecular complexity index is 1040. The summed E-state index contributed by atoms with van der Waals surface area (Å²) in [7, 11) is 0. The minimum Gasteiger partial charge on any atom is -0.493 e. The number of rotatable bonds is 7. The molecule has 1 heterocycles. The van der Waals surface area contributed by atoms with Crippen molar-refractivity contribution >= 4 is 40.3 Å². The maximum atomic E-state index is 12.1. The summed E-state index contributed by atoms with van der Waals surface area (Å²) in [4.78, 5) is 23.6. The van der Waals surface area contributed by atoms with Crippen molar-refractivity contribution in [3.05, 3.63) is 58.1 Å². The zero-order valence-electron chi connectivity index (χ0n) is 18.5. The molecule has 0 saturated heterocycles. The highest BCUT2D eigenvalue weighted by Gasteiger charge is 2.34. The molecule has 0 fully saturated rings. The summed E-state index contributed by atoms with van der Waals surface area (Å²) in [6.07, 6.45) is 0.677. The molecule has 3 rings (SSSR count).